The van der Waals surface area contributed by atoms with Gasteiger partial charge in [0.05, 0.1) is 16.9 Å². The van der Waals surface area contributed by atoms with Crippen LogP contribution in [0.3, 0.4) is 0 Å². The number of hydrogen-bond donors (Lipinski definition) is 1. The van der Waals surface area contributed by atoms with E-state index in [4.69, 9.17) is 16.3 Å². The third-order valence-corrected chi connectivity index (χ3v) is 4.61. The Hall–Kier alpha value is -2.57. The lowest BCUT2D eigenvalue weighted by atomic mass is 10.0. The molecule has 0 saturated heterocycles. The zero-order chi connectivity index (χ0) is 18.1. The summed E-state index contributed by atoms with van der Waals surface area (Å²) in [5.74, 6) is 0.689. The van der Waals surface area contributed by atoms with Gasteiger partial charge in [-0.25, -0.2) is 0 Å². The number of aromatic nitrogens is 3. The number of aromatic hydroxyl groups is 1. The summed E-state index contributed by atoms with van der Waals surface area (Å²) in [6.45, 7) is 2.76. The van der Waals surface area contributed by atoms with Gasteiger partial charge in [0.1, 0.15) is 6.61 Å². The van der Waals surface area contributed by atoms with E-state index >= 15 is 0 Å². The molecule has 0 spiro atoms. The van der Waals surface area contributed by atoms with Gasteiger partial charge >= 0.3 is 0 Å². The van der Waals surface area contributed by atoms with Crippen molar-refractivity contribution in [2.75, 3.05) is 13.2 Å². The average Bonchev–Trinajstić information content (AvgIpc) is 2.90. The number of halogens is 1. The van der Waals surface area contributed by atoms with Gasteiger partial charge in [-0.2, -0.15) is 5.10 Å². The number of nitrogens with zero attached hydrogens (tertiary/aromatic N) is 4. The molecule has 1 aliphatic rings. The molecule has 134 valence electrons. The Morgan fingerprint density at radius 2 is 2.15 bits per heavy atom. The van der Waals surface area contributed by atoms with Crippen LogP contribution in [-0.2, 0) is 20.1 Å². The first-order chi connectivity index (χ1) is 12.6. The Balaban J connectivity index is 1.64. The molecule has 3 aromatic rings. The minimum absolute atomic E-state index is 0.137. The number of fused-ring (bicyclic) bond motifs is 1. The van der Waals surface area contributed by atoms with Gasteiger partial charge in [-0.3, -0.25) is 14.6 Å². The Kier molecular flexibility index (Phi) is 4.53. The fraction of sp³-hybridized carbons (Fsp3) is 0.263. The van der Waals surface area contributed by atoms with Crippen LogP contribution in [0.4, 0.5) is 0 Å². The van der Waals surface area contributed by atoms with Gasteiger partial charge < -0.3 is 9.84 Å². The lowest BCUT2D eigenvalue weighted by Gasteiger charge is -2.18. The third kappa shape index (κ3) is 3.52. The molecule has 4 rings (SSSR count). The van der Waals surface area contributed by atoms with Crippen LogP contribution in [0.15, 0.2) is 42.9 Å². The zero-order valence-corrected chi connectivity index (χ0v) is 15.1. The number of benzene rings is 1. The van der Waals surface area contributed by atoms with E-state index in [1.807, 2.05) is 31.6 Å². The largest absolute Gasteiger partial charge is 0.504 e. The summed E-state index contributed by atoms with van der Waals surface area (Å²) >= 11 is 5.92. The standard InChI is InChI=1S/C19H19ClN4O2/c1-23-10-13(8-22-23)11-24-4-5-26-19-15(12-24)6-14(7-18(19)25)17-3-2-16(20)9-21-17/h2-3,6-10,25H,4-5,11-12H2,1H3. The quantitative estimate of drug-likeness (QED) is 0.766. The predicted molar refractivity (Wildman–Crippen MR) is 99.2 cm³/mol. The van der Waals surface area contributed by atoms with Crippen LogP contribution in [0.2, 0.25) is 5.02 Å². The number of aryl methyl sites for hydroxylation is 1. The summed E-state index contributed by atoms with van der Waals surface area (Å²) < 4.78 is 7.61. The first kappa shape index (κ1) is 16.9. The fourth-order valence-electron chi connectivity index (χ4n) is 3.19. The maximum absolute atomic E-state index is 10.4. The normalized spacial score (nSPS) is 14.5. The van der Waals surface area contributed by atoms with Crippen molar-refractivity contribution in [2.24, 2.45) is 7.05 Å². The molecule has 26 heavy (non-hydrogen) atoms. The van der Waals surface area contributed by atoms with Gasteiger partial charge in [0.2, 0.25) is 0 Å². The molecule has 0 saturated carbocycles. The number of hydrogen-bond acceptors (Lipinski definition) is 5. The molecule has 1 N–H and O–H groups in total. The van der Waals surface area contributed by atoms with Crippen molar-refractivity contribution in [3.05, 3.63) is 59.0 Å². The van der Waals surface area contributed by atoms with E-state index < -0.39 is 0 Å². The maximum atomic E-state index is 10.4. The Labute approximate surface area is 156 Å². The minimum Gasteiger partial charge on any atom is -0.504 e. The first-order valence-corrected chi connectivity index (χ1v) is 8.77. The van der Waals surface area contributed by atoms with Gasteiger partial charge in [0, 0.05) is 55.8 Å². The van der Waals surface area contributed by atoms with Gasteiger partial charge in [0.25, 0.3) is 0 Å². The molecule has 0 bridgehead atoms. The molecular formula is C19H19ClN4O2. The lowest BCUT2D eigenvalue weighted by Crippen LogP contribution is -2.25. The highest BCUT2D eigenvalue weighted by atomic mass is 35.5. The summed E-state index contributed by atoms with van der Waals surface area (Å²) in [5, 5.41) is 15.3. The molecule has 1 aliphatic heterocycles. The Bertz CT molecular complexity index is 924. The SMILES string of the molecule is Cn1cc(CN2CCOc3c(O)cc(-c4ccc(Cl)cn4)cc3C2)cn1. The van der Waals surface area contributed by atoms with E-state index in [1.165, 1.54) is 0 Å². The highest BCUT2D eigenvalue weighted by Crippen LogP contribution is 2.37. The number of phenolic OH excluding ortho intramolecular Hbond substituents is 1. The second-order valence-electron chi connectivity index (χ2n) is 6.43. The molecule has 6 nitrogen and oxygen atoms in total. The zero-order valence-electron chi connectivity index (χ0n) is 14.4. The van der Waals surface area contributed by atoms with Crippen molar-refractivity contribution >= 4 is 11.6 Å². The highest BCUT2D eigenvalue weighted by Gasteiger charge is 2.20. The molecular weight excluding hydrogens is 352 g/mol. The van der Waals surface area contributed by atoms with Crippen molar-refractivity contribution < 1.29 is 9.84 Å². The van der Waals surface area contributed by atoms with Crippen molar-refractivity contribution in [3.8, 4) is 22.8 Å². The first-order valence-electron chi connectivity index (χ1n) is 8.39. The summed E-state index contributed by atoms with van der Waals surface area (Å²) in [5.41, 5.74) is 3.69. The molecule has 0 atom stereocenters. The Morgan fingerprint density at radius 1 is 1.27 bits per heavy atom. The van der Waals surface area contributed by atoms with Gasteiger partial charge in [-0.05, 0) is 24.3 Å². The molecule has 0 aliphatic carbocycles. The van der Waals surface area contributed by atoms with Crippen molar-refractivity contribution in [2.45, 2.75) is 13.1 Å². The van der Waals surface area contributed by atoms with Crippen LogP contribution in [0.1, 0.15) is 11.1 Å². The van der Waals surface area contributed by atoms with Crippen LogP contribution in [0.25, 0.3) is 11.3 Å². The average molecular weight is 371 g/mol. The second kappa shape index (κ2) is 6.97. The van der Waals surface area contributed by atoms with E-state index in [2.05, 4.69) is 15.0 Å². The van der Waals surface area contributed by atoms with Gasteiger partial charge in [-0.1, -0.05) is 11.6 Å². The van der Waals surface area contributed by atoms with E-state index in [9.17, 15) is 5.11 Å². The molecule has 0 unspecified atom stereocenters. The van der Waals surface area contributed by atoms with E-state index in [-0.39, 0.29) is 5.75 Å². The van der Waals surface area contributed by atoms with Crippen molar-refractivity contribution in [3.63, 3.8) is 0 Å². The van der Waals surface area contributed by atoms with Crippen LogP contribution in [-0.4, -0.2) is 37.9 Å². The van der Waals surface area contributed by atoms with Crippen molar-refractivity contribution in [1.29, 1.82) is 0 Å². The molecule has 0 amide bonds. The van der Waals surface area contributed by atoms with Gasteiger partial charge in [0.15, 0.2) is 11.5 Å². The molecule has 0 fully saturated rings. The van der Waals surface area contributed by atoms with E-state index in [0.717, 1.165) is 35.5 Å². The highest BCUT2D eigenvalue weighted by molar-refractivity contribution is 6.30. The van der Waals surface area contributed by atoms with Crippen LogP contribution < -0.4 is 4.74 Å². The van der Waals surface area contributed by atoms with Crippen LogP contribution >= 0.6 is 11.6 Å². The van der Waals surface area contributed by atoms with E-state index in [0.29, 0.717) is 23.9 Å². The third-order valence-electron chi connectivity index (χ3n) is 4.38. The number of pyridine rings is 1. The van der Waals surface area contributed by atoms with E-state index in [1.54, 1.807) is 23.0 Å². The second-order valence-corrected chi connectivity index (χ2v) is 6.86. The lowest BCUT2D eigenvalue weighted by molar-refractivity contribution is 0.217. The number of rotatable bonds is 3. The number of phenols is 1. The topological polar surface area (TPSA) is 63.4 Å². The summed E-state index contributed by atoms with van der Waals surface area (Å²) in [7, 11) is 1.91. The summed E-state index contributed by atoms with van der Waals surface area (Å²) in [6.07, 6.45) is 5.49. The molecule has 3 heterocycles. The molecule has 0 radical (unpaired) electrons. The van der Waals surface area contributed by atoms with Gasteiger partial charge in [-0.15, -0.1) is 0 Å². The maximum Gasteiger partial charge on any atom is 0.165 e. The van der Waals surface area contributed by atoms with Crippen molar-refractivity contribution in [1.82, 2.24) is 19.7 Å². The number of ether oxygens (including phenoxy) is 1. The summed E-state index contributed by atoms with van der Waals surface area (Å²) in [6, 6.07) is 7.34. The molecule has 1 aromatic carbocycles. The minimum atomic E-state index is 0.137. The Morgan fingerprint density at radius 3 is 2.88 bits per heavy atom. The van der Waals surface area contributed by atoms with Crippen LogP contribution in [0, 0.1) is 0 Å². The molecule has 2 aromatic heterocycles. The fourth-order valence-corrected chi connectivity index (χ4v) is 3.31. The monoisotopic (exact) mass is 370 g/mol. The molecule has 7 heteroatoms. The summed E-state index contributed by atoms with van der Waals surface area (Å²) in [4.78, 5) is 6.62. The smallest absolute Gasteiger partial charge is 0.165 e. The van der Waals surface area contributed by atoms with Crippen LogP contribution in [0.5, 0.6) is 11.5 Å². The predicted octanol–water partition coefficient (Wildman–Crippen LogP) is 3.24.